The van der Waals surface area contributed by atoms with Gasteiger partial charge in [0.2, 0.25) is 0 Å². The molecule has 5 rings (SSSR count). The molecular formula is C21H22N4O4S2. The number of ether oxygens (including phenoxy) is 1. The van der Waals surface area contributed by atoms with Crippen LogP contribution in [0.3, 0.4) is 0 Å². The van der Waals surface area contributed by atoms with Gasteiger partial charge in [0, 0.05) is 44.0 Å². The number of amides is 1. The van der Waals surface area contributed by atoms with Crippen molar-refractivity contribution in [2.75, 3.05) is 39.4 Å². The Labute approximate surface area is 189 Å². The maximum Gasteiger partial charge on any atom is 0.270 e. The highest BCUT2D eigenvalue weighted by molar-refractivity contribution is 8.02. The lowest BCUT2D eigenvalue weighted by molar-refractivity contribution is -0.384. The summed E-state index contributed by atoms with van der Waals surface area (Å²) in [7, 11) is 0. The van der Waals surface area contributed by atoms with Gasteiger partial charge in [0.1, 0.15) is 0 Å². The lowest BCUT2D eigenvalue weighted by Gasteiger charge is -2.27. The third-order valence-electron chi connectivity index (χ3n) is 5.98. The molecule has 0 radical (unpaired) electrons. The van der Waals surface area contributed by atoms with E-state index in [4.69, 9.17) is 17.0 Å². The number of allylic oxidation sites excluding steroid dienone is 2. The number of benzene rings is 1. The number of nitro groups is 1. The summed E-state index contributed by atoms with van der Waals surface area (Å²) in [4.78, 5) is 29.8. The molecule has 0 saturated carbocycles. The summed E-state index contributed by atoms with van der Waals surface area (Å²) in [5, 5.41) is 11.4. The number of carbonyl (C=O) groups excluding carboxylic acids is 1. The van der Waals surface area contributed by atoms with Crippen LogP contribution in [0.15, 0.2) is 42.1 Å². The predicted octanol–water partition coefficient (Wildman–Crippen LogP) is 2.47. The SMILES string of the molecule is O=C1C2SC3C=C(c4cccc([N+](=O)[O-])c4)C=C3N2C(=S)N1CCCN1CCOCC1. The molecule has 0 aromatic heterocycles. The quantitative estimate of drug-likeness (QED) is 0.366. The standard InChI is InChI=1S/C21H22N4O4S2/c26-19-20-24(21(30)23(19)6-2-5-22-7-9-29-10-8-22)17-12-15(13-18(17)31-20)14-3-1-4-16(11-14)25(27)28/h1,3-4,11-13,18,20H,2,5-10H2. The molecule has 3 heterocycles. The largest absolute Gasteiger partial charge is 0.379 e. The molecule has 3 aliphatic heterocycles. The highest BCUT2D eigenvalue weighted by Crippen LogP contribution is 2.48. The zero-order chi connectivity index (χ0) is 21.5. The van der Waals surface area contributed by atoms with E-state index >= 15 is 0 Å². The molecule has 1 amide bonds. The lowest BCUT2D eigenvalue weighted by atomic mass is 10.1. The second-order valence-electron chi connectivity index (χ2n) is 7.86. The van der Waals surface area contributed by atoms with Crippen LogP contribution < -0.4 is 0 Å². The lowest BCUT2D eigenvalue weighted by Crippen LogP contribution is -2.39. The first-order valence-corrected chi connectivity index (χ1v) is 11.7. The molecule has 0 spiro atoms. The van der Waals surface area contributed by atoms with Gasteiger partial charge >= 0.3 is 0 Å². The van der Waals surface area contributed by atoms with Crippen molar-refractivity contribution >= 4 is 46.3 Å². The Bertz CT molecular complexity index is 1000. The first kappa shape index (κ1) is 20.6. The average Bonchev–Trinajstić information content (AvgIpc) is 3.40. The fraction of sp³-hybridized carbons (Fsp3) is 0.429. The molecule has 3 fully saturated rings. The zero-order valence-electron chi connectivity index (χ0n) is 16.8. The van der Waals surface area contributed by atoms with Crippen molar-refractivity contribution in [3.8, 4) is 0 Å². The average molecular weight is 459 g/mol. The monoisotopic (exact) mass is 458 g/mol. The number of thiocarbonyl (C=S) groups is 1. The minimum Gasteiger partial charge on any atom is -0.379 e. The van der Waals surface area contributed by atoms with Crippen LogP contribution in [0.5, 0.6) is 0 Å². The van der Waals surface area contributed by atoms with Crippen molar-refractivity contribution in [3.05, 3.63) is 57.8 Å². The van der Waals surface area contributed by atoms with Gasteiger partial charge in [0.15, 0.2) is 10.5 Å². The van der Waals surface area contributed by atoms with Crippen LogP contribution in [-0.4, -0.2) is 80.7 Å². The zero-order valence-corrected chi connectivity index (χ0v) is 18.4. The third kappa shape index (κ3) is 3.78. The number of nitrogens with zero attached hydrogens (tertiary/aromatic N) is 4. The second kappa shape index (κ2) is 8.34. The second-order valence-corrected chi connectivity index (χ2v) is 9.45. The maximum absolute atomic E-state index is 13.0. The number of carbonyl (C=O) groups is 1. The molecule has 10 heteroatoms. The topological polar surface area (TPSA) is 79.2 Å². The van der Waals surface area contributed by atoms with Gasteiger partial charge in [-0.3, -0.25) is 29.6 Å². The van der Waals surface area contributed by atoms with E-state index in [1.54, 1.807) is 28.8 Å². The molecule has 162 valence electrons. The van der Waals surface area contributed by atoms with E-state index in [2.05, 4.69) is 11.0 Å². The first-order chi connectivity index (χ1) is 15.0. The van der Waals surface area contributed by atoms with Crippen molar-refractivity contribution in [1.29, 1.82) is 0 Å². The molecule has 1 aromatic carbocycles. The number of hydrogen-bond donors (Lipinski definition) is 0. The van der Waals surface area contributed by atoms with E-state index in [0.717, 1.165) is 56.1 Å². The van der Waals surface area contributed by atoms with Gasteiger partial charge in [-0.25, -0.2) is 0 Å². The number of fused-ring (bicyclic) bond motifs is 3. The van der Waals surface area contributed by atoms with Gasteiger partial charge in [0.05, 0.1) is 23.4 Å². The van der Waals surface area contributed by atoms with Crippen LogP contribution >= 0.6 is 24.0 Å². The molecule has 3 saturated heterocycles. The number of nitro benzene ring substituents is 1. The smallest absolute Gasteiger partial charge is 0.270 e. The van der Waals surface area contributed by atoms with E-state index in [1.807, 2.05) is 17.0 Å². The third-order valence-corrected chi connectivity index (χ3v) is 7.74. The Morgan fingerprint density at radius 1 is 1.26 bits per heavy atom. The van der Waals surface area contributed by atoms with Crippen molar-refractivity contribution < 1.29 is 14.5 Å². The molecule has 1 aromatic rings. The number of thioether (sulfide) groups is 1. The number of non-ortho nitro benzene ring substituents is 1. The summed E-state index contributed by atoms with van der Waals surface area (Å²) in [6.45, 7) is 4.95. The highest BCUT2D eigenvalue weighted by atomic mass is 32.2. The van der Waals surface area contributed by atoms with Crippen molar-refractivity contribution in [3.63, 3.8) is 0 Å². The van der Waals surface area contributed by atoms with E-state index < -0.39 is 0 Å². The molecular weight excluding hydrogens is 436 g/mol. The Balaban J connectivity index is 1.27. The fourth-order valence-electron chi connectivity index (χ4n) is 4.39. The van der Waals surface area contributed by atoms with Gasteiger partial charge in [-0.15, -0.1) is 11.8 Å². The van der Waals surface area contributed by atoms with Gasteiger partial charge in [-0.05, 0) is 35.9 Å². The Morgan fingerprint density at radius 2 is 2.06 bits per heavy atom. The van der Waals surface area contributed by atoms with Gasteiger partial charge in [0.25, 0.3) is 11.6 Å². The molecule has 1 aliphatic carbocycles. The summed E-state index contributed by atoms with van der Waals surface area (Å²) in [5.41, 5.74) is 2.78. The van der Waals surface area contributed by atoms with E-state index in [1.165, 1.54) is 6.07 Å². The Hall–Kier alpha value is -2.27. The molecule has 4 aliphatic rings. The van der Waals surface area contributed by atoms with Crippen LogP contribution in [0.4, 0.5) is 5.69 Å². The molecule has 8 nitrogen and oxygen atoms in total. The predicted molar refractivity (Wildman–Crippen MR) is 122 cm³/mol. The van der Waals surface area contributed by atoms with Gasteiger partial charge in [-0.2, -0.15) is 0 Å². The van der Waals surface area contributed by atoms with Crippen LogP contribution in [0.25, 0.3) is 5.57 Å². The van der Waals surface area contributed by atoms with Crippen molar-refractivity contribution in [1.82, 2.24) is 14.7 Å². The minimum absolute atomic E-state index is 0.0386. The summed E-state index contributed by atoms with van der Waals surface area (Å²) in [6, 6.07) is 6.62. The number of rotatable bonds is 6. The summed E-state index contributed by atoms with van der Waals surface area (Å²) in [6.07, 6.45) is 4.94. The highest BCUT2D eigenvalue weighted by Gasteiger charge is 2.52. The fourth-order valence-corrected chi connectivity index (χ4v) is 6.26. The van der Waals surface area contributed by atoms with Crippen LogP contribution in [-0.2, 0) is 9.53 Å². The van der Waals surface area contributed by atoms with Crippen LogP contribution in [0.2, 0.25) is 0 Å². The van der Waals surface area contributed by atoms with Gasteiger partial charge in [-0.1, -0.05) is 18.2 Å². The normalized spacial score (nSPS) is 25.5. The van der Waals surface area contributed by atoms with Crippen molar-refractivity contribution in [2.45, 2.75) is 17.0 Å². The van der Waals surface area contributed by atoms with E-state index in [0.29, 0.717) is 11.7 Å². The molecule has 0 bridgehead atoms. The summed E-state index contributed by atoms with van der Waals surface area (Å²) in [5.74, 6) is 0.0533. The molecule has 2 atom stereocenters. The van der Waals surface area contributed by atoms with Crippen LogP contribution in [0.1, 0.15) is 12.0 Å². The number of hydrogen-bond acceptors (Lipinski definition) is 7. The molecule has 2 unspecified atom stereocenters. The van der Waals surface area contributed by atoms with E-state index in [9.17, 15) is 14.9 Å². The molecule has 31 heavy (non-hydrogen) atoms. The maximum atomic E-state index is 13.0. The molecule has 0 N–H and O–H groups in total. The Kier molecular flexibility index (Phi) is 5.55. The van der Waals surface area contributed by atoms with Crippen LogP contribution in [0, 0.1) is 10.1 Å². The van der Waals surface area contributed by atoms with E-state index in [-0.39, 0.29) is 27.1 Å². The Morgan fingerprint density at radius 3 is 2.84 bits per heavy atom. The first-order valence-electron chi connectivity index (χ1n) is 10.3. The minimum atomic E-state index is -0.388. The summed E-state index contributed by atoms with van der Waals surface area (Å²) >= 11 is 7.27. The summed E-state index contributed by atoms with van der Waals surface area (Å²) < 4.78 is 5.38. The van der Waals surface area contributed by atoms with Crippen molar-refractivity contribution in [2.24, 2.45) is 0 Å². The number of morpholine rings is 1. The van der Waals surface area contributed by atoms with Gasteiger partial charge < -0.3 is 4.74 Å².